The third-order valence-electron chi connectivity index (χ3n) is 3.28. The standard InChI is InChI=1S/C12H18N4O2/c1-13-11(17)9-4-3-5-16(8-9)12(18)10-6-14-15(2)7-10/h6-7,9H,3-5,8H2,1-2H3,(H,13,17). The van der Waals surface area contributed by atoms with Gasteiger partial charge >= 0.3 is 0 Å². The van der Waals surface area contributed by atoms with Crippen LogP contribution in [0.5, 0.6) is 0 Å². The zero-order valence-electron chi connectivity index (χ0n) is 10.7. The molecule has 1 aromatic rings. The molecule has 0 aliphatic carbocycles. The van der Waals surface area contributed by atoms with Gasteiger partial charge in [0.15, 0.2) is 0 Å². The minimum absolute atomic E-state index is 0.0127. The molecule has 6 nitrogen and oxygen atoms in total. The Labute approximate surface area is 106 Å². The second-order valence-corrected chi connectivity index (χ2v) is 4.61. The number of hydrogen-bond donors (Lipinski definition) is 1. The van der Waals surface area contributed by atoms with Gasteiger partial charge < -0.3 is 10.2 Å². The van der Waals surface area contributed by atoms with Gasteiger partial charge in [-0.25, -0.2) is 0 Å². The second-order valence-electron chi connectivity index (χ2n) is 4.61. The molecular weight excluding hydrogens is 232 g/mol. The summed E-state index contributed by atoms with van der Waals surface area (Å²) in [7, 11) is 3.41. The largest absolute Gasteiger partial charge is 0.359 e. The maximum absolute atomic E-state index is 12.2. The molecule has 0 bridgehead atoms. The molecular formula is C12H18N4O2. The average molecular weight is 250 g/mol. The first kappa shape index (κ1) is 12.6. The first-order chi connectivity index (χ1) is 8.61. The highest BCUT2D eigenvalue weighted by atomic mass is 16.2. The van der Waals surface area contributed by atoms with Crippen LogP contribution in [0.25, 0.3) is 0 Å². The van der Waals surface area contributed by atoms with E-state index in [2.05, 4.69) is 10.4 Å². The summed E-state index contributed by atoms with van der Waals surface area (Å²) in [5, 5.41) is 6.64. The quantitative estimate of drug-likeness (QED) is 0.804. The van der Waals surface area contributed by atoms with Gasteiger partial charge in [-0.15, -0.1) is 0 Å². The molecule has 0 saturated carbocycles. The van der Waals surface area contributed by atoms with Crippen LogP contribution < -0.4 is 5.32 Å². The van der Waals surface area contributed by atoms with Gasteiger partial charge in [-0.05, 0) is 12.8 Å². The Kier molecular flexibility index (Phi) is 3.64. The van der Waals surface area contributed by atoms with Crippen molar-refractivity contribution in [2.75, 3.05) is 20.1 Å². The van der Waals surface area contributed by atoms with E-state index in [1.165, 1.54) is 0 Å². The fourth-order valence-corrected chi connectivity index (χ4v) is 2.29. The van der Waals surface area contributed by atoms with Crippen molar-refractivity contribution < 1.29 is 9.59 Å². The lowest BCUT2D eigenvalue weighted by Gasteiger charge is -2.31. The minimum atomic E-state index is -0.0932. The van der Waals surface area contributed by atoms with E-state index in [-0.39, 0.29) is 17.7 Å². The number of carbonyl (C=O) groups excluding carboxylic acids is 2. The number of piperidine rings is 1. The van der Waals surface area contributed by atoms with Crippen LogP contribution in [0.3, 0.4) is 0 Å². The number of aryl methyl sites for hydroxylation is 1. The number of hydrogen-bond acceptors (Lipinski definition) is 3. The molecule has 1 unspecified atom stereocenters. The van der Waals surface area contributed by atoms with E-state index >= 15 is 0 Å². The lowest BCUT2D eigenvalue weighted by atomic mass is 9.97. The number of nitrogens with zero attached hydrogens (tertiary/aromatic N) is 3. The van der Waals surface area contributed by atoms with Gasteiger partial charge in [-0.2, -0.15) is 5.10 Å². The van der Waals surface area contributed by atoms with Crippen molar-refractivity contribution in [3.8, 4) is 0 Å². The van der Waals surface area contributed by atoms with E-state index in [4.69, 9.17) is 0 Å². The first-order valence-electron chi connectivity index (χ1n) is 6.11. The summed E-state index contributed by atoms with van der Waals surface area (Å²) in [6, 6.07) is 0. The lowest BCUT2D eigenvalue weighted by molar-refractivity contribution is -0.125. The average Bonchev–Trinajstić information content (AvgIpc) is 2.83. The van der Waals surface area contributed by atoms with E-state index in [1.54, 1.807) is 36.1 Å². The molecule has 0 radical (unpaired) electrons. The predicted molar refractivity (Wildman–Crippen MR) is 65.9 cm³/mol. The van der Waals surface area contributed by atoms with Gasteiger partial charge in [-0.3, -0.25) is 14.3 Å². The Bertz CT molecular complexity index is 455. The van der Waals surface area contributed by atoms with Crippen LogP contribution in [0, 0.1) is 5.92 Å². The lowest BCUT2D eigenvalue weighted by Crippen LogP contribution is -2.44. The molecule has 1 aliphatic rings. The smallest absolute Gasteiger partial charge is 0.257 e. The first-order valence-corrected chi connectivity index (χ1v) is 6.11. The molecule has 2 rings (SSSR count). The van der Waals surface area contributed by atoms with Crippen molar-refractivity contribution in [2.24, 2.45) is 13.0 Å². The Hall–Kier alpha value is -1.85. The molecule has 1 saturated heterocycles. The highest BCUT2D eigenvalue weighted by Gasteiger charge is 2.28. The summed E-state index contributed by atoms with van der Waals surface area (Å²) in [4.78, 5) is 25.6. The topological polar surface area (TPSA) is 67.2 Å². The number of rotatable bonds is 2. The highest BCUT2D eigenvalue weighted by molar-refractivity contribution is 5.94. The summed E-state index contributed by atoms with van der Waals surface area (Å²) < 4.78 is 1.60. The van der Waals surface area contributed by atoms with Gasteiger partial charge in [0.2, 0.25) is 5.91 Å². The number of amides is 2. The molecule has 98 valence electrons. The van der Waals surface area contributed by atoms with Gasteiger partial charge in [0.05, 0.1) is 17.7 Å². The third-order valence-corrected chi connectivity index (χ3v) is 3.28. The zero-order valence-corrected chi connectivity index (χ0v) is 10.7. The summed E-state index contributed by atoms with van der Waals surface area (Å²) in [5.74, 6) is -0.125. The molecule has 1 atom stereocenters. The minimum Gasteiger partial charge on any atom is -0.359 e. The number of carbonyl (C=O) groups is 2. The maximum Gasteiger partial charge on any atom is 0.257 e. The number of nitrogens with one attached hydrogen (secondary N) is 1. The van der Waals surface area contributed by atoms with Crippen LogP contribution in [-0.2, 0) is 11.8 Å². The zero-order chi connectivity index (χ0) is 13.1. The van der Waals surface area contributed by atoms with Crippen LogP contribution in [0.2, 0.25) is 0 Å². The molecule has 1 aliphatic heterocycles. The third kappa shape index (κ3) is 2.52. The van der Waals surface area contributed by atoms with Crippen LogP contribution in [0.1, 0.15) is 23.2 Å². The van der Waals surface area contributed by atoms with E-state index in [9.17, 15) is 9.59 Å². The molecule has 1 fully saturated rings. The van der Waals surface area contributed by atoms with Crippen molar-refractivity contribution in [3.05, 3.63) is 18.0 Å². The van der Waals surface area contributed by atoms with Crippen LogP contribution in [0.4, 0.5) is 0 Å². The Balaban J connectivity index is 2.05. The molecule has 1 aromatic heterocycles. The molecule has 2 amide bonds. The van der Waals surface area contributed by atoms with Crippen molar-refractivity contribution >= 4 is 11.8 Å². The van der Waals surface area contributed by atoms with E-state index < -0.39 is 0 Å². The summed E-state index contributed by atoms with van der Waals surface area (Å²) in [6.45, 7) is 1.20. The van der Waals surface area contributed by atoms with E-state index in [0.29, 0.717) is 18.7 Å². The predicted octanol–water partition coefficient (Wildman–Crippen LogP) is 0.0183. The van der Waals surface area contributed by atoms with Crippen LogP contribution in [-0.4, -0.2) is 46.6 Å². The van der Waals surface area contributed by atoms with Crippen molar-refractivity contribution in [1.82, 2.24) is 20.0 Å². The Morgan fingerprint density at radius 3 is 2.89 bits per heavy atom. The molecule has 18 heavy (non-hydrogen) atoms. The number of likely N-dealkylation sites (tertiary alicyclic amines) is 1. The molecule has 0 aromatic carbocycles. The number of aromatic nitrogens is 2. The van der Waals surface area contributed by atoms with Crippen molar-refractivity contribution in [2.45, 2.75) is 12.8 Å². The van der Waals surface area contributed by atoms with Gasteiger partial charge in [-0.1, -0.05) is 0 Å². The highest BCUT2D eigenvalue weighted by Crippen LogP contribution is 2.18. The monoisotopic (exact) mass is 250 g/mol. The maximum atomic E-state index is 12.2. The summed E-state index contributed by atoms with van der Waals surface area (Å²) in [5.41, 5.74) is 0.579. The molecule has 0 spiro atoms. The fourth-order valence-electron chi connectivity index (χ4n) is 2.29. The Morgan fingerprint density at radius 2 is 2.28 bits per heavy atom. The molecule has 2 heterocycles. The van der Waals surface area contributed by atoms with Crippen molar-refractivity contribution in [1.29, 1.82) is 0 Å². The fraction of sp³-hybridized carbons (Fsp3) is 0.583. The van der Waals surface area contributed by atoms with Crippen LogP contribution in [0.15, 0.2) is 12.4 Å². The van der Waals surface area contributed by atoms with E-state index in [1.807, 2.05) is 0 Å². The molecule has 1 N–H and O–H groups in total. The Morgan fingerprint density at radius 1 is 1.50 bits per heavy atom. The van der Waals surface area contributed by atoms with Gasteiger partial charge in [0.1, 0.15) is 0 Å². The summed E-state index contributed by atoms with van der Waals surface area (Å²) in [6.07, 6.45) is 4.97. The van der Waals surface area contributed by atoms with Gasteiger partial charge in [0.25, 0.3) is 5.91 Å². The molecule has 6 heteroatoms. The van der Waals surface area contributed by atoms with E-state index in [0.717, 1.165) is 12.8 Å². The van der Waals surface area contributed by atoms with Crippen LogP contribution >= 0.6 is 0 Å². The van der Waals surface area contributed by atoms with Crippen molar-refractivity contribution in [3.63, 3.8) is 0 Å². The SMILES string of the molecule is CNC(=O)C1CCCN(C(=O)c2cnn(C)c2)C1. The normalized spacial score (nSPS) is 19.7. The van der Waals surface area contributed by atoms with Gasteiger partial charge in [0, 0.05) is 33.4 Å². The second kappa shape index (κ2) is 5.20. The summed E-state index contributed by atoms with van der Waals surface area (Å²) >= 11 is 0.